The van der Waals surface area contributed by atoms with Crippen LogP contribution in [0.1, 0.15) is 23.7 Å². The number of halogens is 1. The minimum Gasteiger partial charge on any atom is -0.462 e. The Labute approximate surface area is 91.0 Å². The number of rotatable bonds is 4. The van der Waals surface area contributed by atoms with Crippen molar-refractivity contribution in [2.75, 3.05) is 6.61 Å². The van der Waals surface area contributed by atoms with Gasteiger partial charge < -0.3 is 4.74 Å². The summed E-state index contributed by atoms with van der Waals surface area (Å²) in [5.41, 5.74) is -1.21. The molecule has 0 aliphatic rings. The highest BCUT2D eigenvalue weighted by Crippen LogP contribution is 2.22. The molecule has 0 saturated carbocycles. The van der Waals surface area contributed by atoms with Gasteiger partial charge in [-0.05, 0) is 18.6 Å². The van der Waals surface area contributed by atoms with Crippen molar-refractivity contribution in [2.24, 2.45) is 0 Å². The third-order valence-electron chi connectivity index (χ3n) is 1.83. The molecule has 1 rings (SSSR count). The van der Waals surface area contributed by atoms with E-state index in [1.165, 1.54) is 12.1 Å². The molecular weight excluding hydrogens is 217 g/mol. The Morgan fingerprint density at radius 1 is 1.56 bits per heavy atom. The molecule has 0 radical (unpaired) electrons. The van der Waals surface area contributed by atoms with Crippen LogP contribution in [-0.2, 0) is 4.74 Å². The van der Waals surface area contributed by atoms with Crippen molar-refractivity contribution in [1.82, 2.24) is 0 Å². The van der Waals surface area contributed by atoms with Crippen molar-refractivity contribution in [3.8, 4) is 0 Å². The fourth-order valence-corrected chi connectivity index (χ4v) is 1.14. The molecule has 0 bridgehead atoms. The molecule has 0 saturated heterocycles. The molecule has 0 amide bonds. The Morgan fingerprint density at radius 2 is 2.25 bits per heavy atom. The van der Waals surface area contributed by atoms with E-state index in [9.17, 15) is 19.3 Å². The first-order valence-corrected chi connectivity index (χ1v) is 4.68. The number of benzene rings is 1. The summed E-state index contributed by atoms with van der Waals surface area (Å²) in [7, 11) is 0. The van der Waals surface area contributed by atoms with Crippen LogP contribution in [0, 0.1) is 15.9 Å². The van der Waals surface area contributed by atoms with E-state index in [1.807, 2.05) is 0 Å². The summed E-state index contributed by atoms with van der Waals surface area (Å²) in [6.45, 7) is 1.93. The Balaban J connectivity index is 3.08. The minimum absolute atomic E-state index is 0.145. The smallest absolute Gasteiger partial charge is 0.345 e. The fraction of sp³-hybridized carbons (Fsp3) is 0.300. The van der Waals surface area contributed by atoms with Crippen LogP contribution in [0.25, 0.3) is 0 Å². The van der Waals surface area contributed by atoms with E-state index in [2.05, 4.69) is 0 Å². The standard InChI is InChI=1S/C10H10FNO4/c1-2-6-16-10(13)7-4-3-5-8(11)9(7)12(14)15/h3-5H,2,6H2,1H3. The van der Waals surface area contributed by atoms with Crippen LogP contribution in [-0.4, -0.2) is 17.5 Å². The zero-order chi connectivity index (χ0) is 12.1. The highest BCUT2D eigenvalue weighted by Gasteiger charge is 2.25. The van der Waals surface area contributed by atoms with Gasteiger partial charge in [-0.3, -0.25) is 10.1 Å². The molecule has 0 spiro atoms. The van der Waals surface area contributed by atoms with Gasteiger partial charge in [0.1, 0.15) is 5.56 Å². The molecule has 0 heterocycles. The van der Waals surface area contributed by atoms with E-state index in [-0.39, 0.29) is 12.2 Å². The molecule has 0 unspecified atom stereocenters. The maximum absolute atomic E-state index is 13.1. The quantitative estimate of drug-likeness (QED) is 0.449. The van der Waals surface area contributed by atoms with E-state index < -0.39 is 22.4 Å². The third kappa shape index (κ3) is 2.53. The van der Waals surface area contributed by atoms with Gasteiger partial charge in [-0.1, -0.05) is 13.0 Å². The first kappa shape index (κ1) is 12.1. The van der Waals surface area contributed by atoms with Crippen LogP contribution in [0.5, 0.6) is 0 Å². The van der Waals surface area contributed by atoms with Crippen LogP contribution in [0.15, 0.2) is 18.2 Å². The summed E-state index contributed by atoms with van der Waals surface area (Å²) in [6.07, 6.45) is 0.592. The molecule has 0 aromatic heterocycles. The second kappa shape index (κ2) is 5.20. The van der Waals surface area contributed by atoms with Crippen molar-refractivity contribution in [3.63, 3.8) is 0 Å². The molecular formula is C10H10FNO4. The first-order chi connectivity index (χ1) is 7.57. The maximum atomic E-state index is 13.1. The Kier molecular flexibility index (Phi) is 3.93. The minimum atomic E-state index is -1.05. The summed E-state index contributed by atoms with van der Waals surface area (Å²) < 4.78 is 17.8. The number of ether oxygens (including phenoxy) is 1. The molecule has 5 nitrogen and oxygen atoms in total. The van der Waals surface area contributed by atoms with E-state index in [1.54, 1.807) is 6.92 Å². The second-order valence-electron chi connectivity index (χ2n) is 3.03. The fourth-order valence-electron chi connectivity index (χ4n) is 1.14. The number of hydrogen-bond acceptors (Lipinski definition) is 4. The van der Waals surface area contributed by atoms with Gasteiger partial charge in [0.05, 0.1) is 11.5 Å². The third-order valence-corrected chi connectivity index (χ3v) is 1.83. The number of nitro groups is 1. The molecule has 0 atom stereocenters. The van der Waals surface area contributed by atoms with Crippen LogP contribution in [0.2, 0.25) is 0 Å². The number of hydrogen-bond donors (Lipinski definition) is 0. The number of para-hydroxylation sites is 1. The Bertz CT molecular complexity index is 419. The lowest BCUT2D eigenvalue weighted by Gasteiger charge is -2.03. The maximum Gasteiger partial charge on any atom is 0.345 e. The van der Waals surface area contributed by atoms with Gasteiger partial charge in [0, 0.05) is 0 Å². The van der Waals surface area contributed by atoms with Crippen molar-refractivity contribution >= 4 is 11.7 Å². The summed E-state index contributed by atoms with van der Waals surface area (Å²) in [5, 5.41) is 10.6. The zero-order valence-corrected chi connectivity index (χ0v) is 8.60. The number of carbonyl (C=O) groups excluding carboxylic acids is 1. The van der Waals surface area contributed by atoms with Gasteiger partial charge in [0.25, 0.3) is 0 Å². The zero-order valence-electron chi connectivity index (χ0n) is 8.60. The predicted octanol–water partition coefficient (Wildman–Crippen LogP) is 2.30. The molecule has 1 aromatic carbocycles. The molecule has 0 N–H and O–H groups in total. The highest BCUT2D eigenvalue weighted by molar-refractivity contribution is 5.93. The van der Waals surface area contributed by atoms with Gasteiger partial charge in [0.15, 0.2) is 0 Å². The molecule has 0 aliphatic carbocycles. The van der Waals surface area contributed by atoms with E-state index in [4.69, 9.17) is 4.74 Å². The SMILES string of the molecule is CCCOC(=O)c1cccc(F)c1[N+](=O)[O-]. The number of esters is 1. The summed E-state index contributed by atoms with van der Waals surface area (Å²) >= 11 is 0. The Morgan fingerprint density at radius 3 is 2.81 bits per heavy atom. The van der Waals surface area contributed by atoms with Gasteiger partial charge in [-0.25, -0.2) is 4.79 Å². The van der Waals surface area contributed by atoms with Crippen molar-refractivity contribution < 1.29 is 18.8 Å². The van der Waals surface area contributed by atoms with Gasteiger partial charge >= 0.3 is 11.7 Å². The van der Waals surface area contributed by atoms with E-state index in [0.717, 1.165) is 6.07 Å². The Hall–Kier alpha value is -1.98. The van der Waals surface area contributed by atoms with E-state index in [0.29, 0.717) is 6.42 Å². The van der Waals surface area contributed by atoms with Crippen LogP contribution in [0.4, 0.5) is 10.1 Å². The van der Waals surface area contributed by atoms with Crippen LogP contribution in [0.3, 0.4) is 0 Å². The average Bonchev–Trinajstić information content (AvgIpc) is 2.24. The topological polar surface area (TPSA) is 69.4 Å². The predicted molar refractivity (Wildman–Crippen MR) is 53.6 cm³/mol. The van der Waals surface area contributed by atoms with Gasteiger partial charge in [0.2, 0.25) is 5.82 Å². The van der Waals surface area contributed by atoms with Crippen molar-refractivity contribution in [1.29, 1.82) is 0 Å². The number of carbonyl (C=O) groups is 1. The summed E-state index contributed by atoms with van der Waals surface area (Å²) in [5.74, 6) is -1.93. The molecule has 0 fully saturated rings. The number of nitro benzene ring substituents is 1. The van der Waals surface area contributed by atoms with Crippen LogP contribution >= 0.6 is 0 Å². The van der Waals surface area contributed by atoms with Crippen molar-refractivity contribution in [3.05, 3.63) is 39.7 Å². The molecule has 1 aromatic rings. The van der Waals surface area contributed by atoms with Gasteiger partial charge in [-0.2, -0.15) is 4.39 Å². The van der Waals surface area contributed by atoms with Gasteiger partial charge in [-0.15, -0.1) is 0 Å². The second-order valence-corrected chi connectivity index (χ2v) is 3.03. The molecule has 6 heteroatoms. The summed E-state index contributed by atoms with van der Waals surface area (Å²) in [6, 6.07) is 3.32. The number of nitrogens with zero attached hydrogens (tertiary/aromatic N) is 1. The van der Waals surface area contributed by atoms with E-state index >= 15 is 0 Å². The van der Waals surface area contributed by atoms with Crippen molar-refractivity contribution in [2.45, 2.75) is 13.3 Å². The monoisotopic (exact) mass is 227 g/mol. The summed E-state index contributed by atoms with van der Waals surface area (Å²) in [4.78, 5) is 21.0. The lowest BCUT2D eigenvalue weighted by atomic mass is 10.2. The van der Waals surface area contributed by atoms with Crippen LogP contribution < -0.4 is 0 Å². The highest BCUT2D eigenvalue weighted by atomic mass is 19.1. The molecule has 16 heavy (non-hydrogen) atoms. The lowest BCUT2D eigenvalue weighted by Crippen LogP contribution is -2.09. The first-order valence-electron chi connectivity index (χ1n) is 4.68. The molecule has 86 valence electrons. The normalized spacial score (nSPS) is 9.88. The largest absolute Gasteiger partial charge is 0.462 e. The lowest BCUT2D eigenvalue weighted by molar-refractivity contribution is -0.387. The molecule has 0 aliphatic heterocycles. The average molecular weight is 227 g/mol.